The normalized spacial score (nSPS) is 11.1. The predicted octanol–water partition coefficient (Wildman–Crippen LogP) is 2.90. The second kappa shape index (κ2) is 6.76. The molecular weight excluding hydrogens is 363 g/mol. The molecule has 0 radical (unpaired) electrons. The number of nitrogens with two attached hydrogens (primary N) is 1. The molecule has 2 aromatic rings. The van der Waals surface area contributed by atoms with E-state index in [4.69, 9.17) is 33.1 Å². The number of methoxy groups -OCH3 is 1. The summed E-state index contributed by atoms with van der Waals surface area (Å²) < 4.78 is 27.4. The highest BCUT2D eigenvalue weighted by Crippen LogP contribution is 2.34. The molecule has 6 nitrogen and oxygen atoms in total. The zero-order chi connectivity index (χ0) is 17.2. The number of sulfonamides is 1. The molecule has 0 spiro atoms. The maximum absolute atomic E-state index is 12.2. The minimum atomic E-state index is -3.78. The van der Waals surface area contributed by atoms with Crippen molar-refractivity contribution in [2.24, 2.45) is 5.14 Å². The fourth-order valence-corrected chi connectivity index (χ4v) is 2.97. The van der Waals surface area contributed by atoms with Gasteiger partial charge in [-0.05, 0) is 36.4 Å². The van der Waals surface area contributed by atoms with Crippen LogP contribution in [0, 0.1) is 0 Å². The lowest BCUT2D eigenvalue weighted by Crippen LogP contribution is -2.14. The fourth-order valence-electron chi connectivity index (χ4n) is 1.82. The van der Waals surface area contributed by atoms with Crippen molar-refractivity contribution in [3.8, 4) is 5.75 Å². The second-order valence-corrected chi connectivity index (χ2v) is 6.87. The van der Waals surface area contributed by atoms with Crippen LogP contribution >= 0.6 is 23.2 Å². The Bertz CT molecular complexity index is 829. The molecule has 0 heterocycles. The number of hydrogen-bond acceptors (Lipinski definition) is 4. The average Bonchev–Trinajstić information content (AvgIpc) is 2.46. The van der Waals surface area contributed by atoms with Gasteiger partial charge in [-0.2, -0.15) is 0 Å². The van der Waals surface area contributed by atoms with Crippen molar-refractivity contribution in [1.82, 2.24) is 0 Å². The molecule has 23 heavy (non-hydrogen) atoms. The highest BCUT2D eigenvalue weighted by atomic mass is 35.5. The SMILES string of the molecule is COc1c(Cl)cc(C(=O)Nc2ccc(S(N)(=O)=O)cc2)cc1Cl. The minimum Gasteiger partial charge on any atom is -0.494 e. The van der Waals surface area contributed by atoms with Gasteiger partial charge in [0.25, 0.3) is 5.91 Å². The lowest BCUT2D eigenvalue weighted by Gasteiger charge is -2.10. The molecule has 1 amide bonds. The van der Waals surface area contributed by atoms with Gasteiger partial charge in [0.15, 0.2) is 5.75 Å². The van der Waals surface area contributed by atoms with Crippen molar-refractivity contribution >= 4 is 44.8 Å². The van der Waals surface area contributed by atoms with Crippen molar-refractivity contribution in [3.63, 3.8) is 0 Å². The van der Waals surface area contributed by atoms with Crippen molar-refractivity contribution in [3.05, 3.63) is 52.0 Å². The third kappa shape index (κ3) is 4.14. The molecule has 0 atom stereocenters. The molecule has 3 N–H and O–H groups in total. The topological polar surface area (TPSA) is 98.5 Å². The van der Waals surface area contributed by atoms with E-state index in [0.29, 0.717) is 5.69 Å². The first kappa shape index (κ1) is 17.6. The highest BCUT2D eigenvalue weighted by Gasteiger charge is 2.14. The third-order valence-corrected chi connectivity index (χ3v) is 4.40. The van der Waals surface area contributed by atoms with E-state index in [1.165, 1.54) is 43.5 Å². The number of nitrogens with one attached hydrogen (secondary N) is 1. The Morgan fingerprint density at radius 3 is 2.09 bits per heavy atom. The van der Waals surface area contributed by atoms with Gasteiger partial charge in [0.2, 0.25) is 10.0 Å². The van der Waals surface area contributed by atoms with Gasteiger partial charge in [-0.1, -0.05) is 23.2 Å². The summed E-state index contributed by atoms with van der Waals surface area (Å²) in [5.74, 6) is -0.179. The van der Waals surface area contributed by atoms with Crippen LogP contribution in [0.3, 0.4) is 0 Å². The number of carbonyl (C=O) groups excluding carboxylic acids is 1. The molecule has 0 unspecified atom stereocenters. The highest BCUT2D eigenvalue weighted by molar-refractivity contribution is 7.89. The number of hydrogen-bond donors (Lipinski definition) is 2. The average molecular weight is 375 g/mol. The van der Waals surface area contributed by atoms with Crippen LogP contribution < -0.4 is 15.2 Å². The van der Waals surface area contributed by atoms with E-state index in [0.717, 1.165) is 0 Å². The summed E-state index contributed by atoms with van der Waals surface area (Å²) in [5, 5.41) is 8.01. The van der Waals surface area contributed by atoms with E-state index in [9.17, 15) is 13.2 Å². The second-order valence-electron chi connectivity index (χ2n) is 4.50. The number of primary sulfonamides is 1. The number of anilines is 1. The van der Waals surface area contributed by atoms with Gasteiger partial charge in [-0.15, -0.1) is 0 Å². The number of rotatable bonds is 4. The van der Waals surface area contributed by atoms with Crippen LogP contribution in [-0.2, 0) is 10.0 Å². The van der Waals surface area contributed by atoms with E-state index in [-0.39, 0.29) is 26.3 Å². The van der Waals surface area contributed by atoms with Gasteiger partial charge in [0.1, 0.15) is 0 Å². The quantitative estimate of drug-likeness (QED) is 0.859. The monoisotopic (exact) mass is 374 g/mol. The zero-order valence-corrected chi connectivity index (χ0v) is 14.2. The zero-order valence-electron chi connectivity index (χ0n) is 11.8. The molecule has 0 fully saturated rings. The standard InChI is InChI=1S/C14H12Cl2N2O4S/c1-22-13-11(15)6-8(7-12(13)16)14(19)18-9-2-4-10(5-3-9)23(17,20)21/h2-7H,1H3,(H,18,19)(H2,17,20,21). The molecule has 0 saturated heterocycles. The molecule has 122 valence electrons. The molecule has 0 saturated carbocycles. The molecule has 9 heteroatoms. The van der Waals surface area contributed by atoms with Crippen LogP contribution in [0.2, 0.25) is 10.0 Å². The van der Waals surface area contributed by atoms with E-state index in [1.807, 2.05) is 0 Å². The van der Waals surface area contributed by atoms with Gasteiger partial charge < -0.3 is 10.1 Å². The van der Waals surface area contributed by atoms with Gasteiger partial charge in [0.05, 0.1) is 22.1 Å². The molecule has 0 bridgehead atoms. The molecular formula is C14H12Cl2N2O4S. The van der Waals surface area contributed by atoms with Crippen LogP contribution in [0.4, 0.5) is 5.69 Å². The number of amides is 1. The first-order valence-corrected chi connectivity index (χ1v) is 8.50. The molecule has 0 aliphatic carbocycles. The van der Waals surface area contributed by atoms with Gasteiger partial charge >= 0.3 is 0 Å². The Labute approximate surface area is 143 Å². The largest absolute Gasteiger partial charge is 0.494 e. The van der Waals surface area contributed by atoms with Gasteiger partial charge in [-0.3, -0.25) is 4.79 Å². The molecule has 0 aliphatic heterocycles. The van der Waals surface area contributed by atoms with Crippen LogP contribution in [0.15, 0.2) is 41.3 Å². The molecule has 0 aromatic heterocycles. The van der Waals surface area contributed by atoms with Crippen molar-refractivity contribution < 1.29 is 17.9 Å². The molecule has 0 aliphatic rings. The smallest absolute Gasteiger partial charge is 0.255 e. The summed E-state index contributed by atoms with van der Waals surface area (Å²) in [6.45, 7) is 0. The first-order valence-electron chi connectivity index (χ1n) is 6.19. The number of halogens is 2. The van der Waals surface area contributed by atoms with Crippen molar-refractivity contribution in [2.45, 2.75) is 4.90 Å². The number of ether oxygens (including phenoxy) is 1. The number of benzene rings is 2. The van der Waals surface area contributed by atoms with Gasteiger partial charge in [-0.25, -0.2) is 13.6 Å². The Kier molecular flexibility index (Phi) is 5.16. The lowest BCUT2D eigenvalue weighted by molar-refractivity contribution is 0.102. The predicted molar refractivity (Wildman–Crippen MR) is 88.8 cm³/mol. The maximum atomic E-state index is 12.2. The number of carbonyl (C=O) groups is 1. The van der Waals surface area contributed by atoms with Gasteiger partial charge in [0, 0.05) is 11.3 Å². The third-order valence-electron chi connectivity index (χ3n) is 2.91. The lowest BCUT2D eigenvalue weighted by atomic mass is 10.2. The summed E-state index contributed by atoms with van der Waals surface area (Å²) in [6, 6.07) is 8.26. The Hall–Kier alpha value is -1.80. The minimum absolute atomic E-state index is 0.0500. The fraction of sp³-hybridized carbons (Fsp3) is 0.0714. The van der Waals surface area contributed by atoms with E-state index in [1.54, 1.807) is 0 Å². The summed E-state index contributed by atoms with van der Waals surface area (Å²) >= 11 is 12.0. The Balaban J connectivity index is 2.22. The van der Waals surface area contributed by atoms with E-state index >= 15 is 0 Å². The Morgan fingerprint density at radius 2 is 1.65 bits per heavy atom. The summed E-state index contributed by atoms with van der Waals surface area (Å²) in [6.07, 6.45) is 0. The van der Waals surface area contributed by atoms with Crippen LogP contribution in [0.25, 0.3) is 0 Å². The van der Waals surface area contributed by atoms with E-state index in [2.05, 4.69) is 5.32 Å². The van der Waals surface area contributed by atoms with Crippen LogP contribution in [0.5, 0.6) is 5.75 Å². The van der Waals surface area contributed by atoms with Crippen molar-refractivity contribution in [2.75, 3.05) is 12.4 Å². The van der Waals surface area contributed by atoms with Crippen molar-refractivity contribution in [1.29, 1.82) is 0 Å². The maximum Gasteiger partial charge on any atom is 0.255 e. The summed E-state index contributed by atoms with van der Waals surface area (Å²) in [7, 11) is -2.36. The summed E-state index contributed by atoms with van der Waals surface area (Å²) in [4.78, 5) is 12.1. The molecule has 2 rings (SSSR count). The van der Waals surface area contributed by atoms with Crippen LogP contribution in [-0.4, -0.2) is 21.4 Å². The molecule has 2 aromatic carbocycles. The van der Waals surface area contributed by atoms with Crippen LogP contribution in [0.1, 0.15) is 10.4 Å². The summed E-state index contributed by atoms with van der Waals surface area (Å²) in [5.41, 5.74) is 0.627. The van der Waals surface area contributed by atoms with E-state index < -0.39 is 15.9 Å². The Morgan fingerprint density at radius 1 is 1.13 bits per heavy atom. The first-order chi connectivity index (χ1) is 10.7.